The molecule has 1 aromatic rings. The molecule has 1 aliphatic heterocycles. The Balaban J connectivity index is 2.39. The van der Waals surface area contributed by atoms with Gasteiger partial charge in [-0.15, -0.1) is 0 Å². The fraction of sp³-hybridized carbons (Fsp3) is 0.300. The van der Waals surface area contributed by atoms with Gasteiger partial charge in [0.25, 0.3) is 0 Å². The molecule has 0 bridgehead atoms. The zero-order chi connectivity index (χ0) is 11.0. The standard InChI is InChI=1S/C10H8BrClFNO/c11-8-3-6(13)4-9(12)10(8)14-2-1-7(15)5-14/h3-4H,1-2,5H2. The summed E-state index contributed by atoms with van der Waals surface area (Å²) in [5, 5.41) is 0.330. The molecule has 1 fully saturated rings. The molecule has 1 heterocycles. The Bertz CT molecular complexity index is 401. The monoisotopic (exact) mass is 291 g/mol. The third-order valence-electron chi connectivity index (χ3n) is 2.33. The van der Waals surface area contributed by atoms with Crippen LogP contribution in [0.3, 0.4) is 0 Å². The van der Waals surface area contributed by atoms with E-state index in [0.29, 0.717) is 34.7 Å². The lowest BCUT2D eigenvalue weighted by Crippen LogP contribution is -2.20. The van der Waals surface area contributed by atoms with E-state index in [4.69, 9.17) is 11.6 Å². The molecule has 0 atom stereocenters. The first-order valence-electron chi connectivity index (χ1n) is 4.49. The van der Waals surface area contributed by atoms with Crippen LogP contribution in [0.15, 0.2) is 16.6 Å². The topological polar surface area (TPSA) is 20.3 Å². The molecule has 0 aromatic heterocycles. The van der Waals surface area contributed by atoms with Crippen molar-refractivity contribution >= 4 is 39.0 Å². The molecule has 0 unspecified atom stereocenters. The predicted molar refractivity (Wildman–Crippen MR) is 60.9 cm³/mol. The highest BCUT2D eigenvalue weighted by atomic mass is 79.9. The molecule has 0 aliphatic carbocycles. The van der Waals surface area contributed by atoms with Gasteiger partial charge in [-0.05, 0) is 28.1 Å². The van der Waals surface area contributed by atoms with Crippen LogP contribution in [-0.4, -0.2) is 18.9 Å². The van der Waals surface area contributed by atoms with E-state index in [0.717, 1.165) is 0 Å². The fourth-order valence-corrected chi connectivity index (χ4v) is 2.78. The van der Waals surface area contributed by atoms with Crippen molar-refractivity contribution in [1.29, 1.82) is 0 Å². The smallest absolute Gasteiger partial charge is 0.153 e. The highest BCUT2D eigenvalue weighted by molar-refractivity contribution is 9.10. The van der Waals surface area contributed by atoms with Gasteiger partial charge in [-0.25, -0.2) is 4.39 Å². The SMILES string of the molecule is O=C1CCN(c2c(Cl)cc(F)cc2Br)C1. The van der Waals surface area contributed by atoms with Gasteiger partial charge in [0.1, 0.15) is 5.82 Å². The molecule has 2 nitrogen and oxygen atoms in total. The van der Waals surface area contributed by atoms with Gasteiger partial charge >= 0.3 is 0 Å². The summed E-state index contributed by atoms with van der Waals surface area (Å²) in [6, 6.07) is 2.61. The maximum Gasteiger partial charge on any atom is 0.153 e. The van der Waals surface area contributed by atoms with Gasteiger partial charge in [-0.3, -0.25) is 4.79 Å². The fourth-order valence-electron chi connectivity index (χ4n) is 1.66. The van der Waals surface area contributed by atoms with Crippen molar-refractivity contribution in [2.45, 2.75) is 6.42 Å². The van der Waals surface area contributed by atoms with Gasteiger partial charge in [-0.1, -0.05) is 11.6 Å². The number of hydrogen-bond donors (Lipinski definition) is 0. The highest BCUT2D eigenvalue weighted by Gasteiger charge is 2.23. The van der Waals surface area contributed by atoms with Gasteiger partial charge in [0.05, 0.1) is 17.3 Å². The van der Waals surface area contributed by atoms with Crippen LogP contribution in [0.2, 0.25) is 5.02 Å². The van der Waals surface area contributed by atoms with Crippen LogP contribution in [0.25, 0.3) is 0 Å². The quantitative estimate of drug-likeness (QED) is 0.793. The van der Waals surface area contributed by atoms with Crippen molar-refractivity contribution in [3.05, 3.63) is 27.4 Å². The summed E-state index contributed by atoms with van der Waals surface area (Å²) in [6.45, 7) is 0.993. The highest BCUT2D eigenvalue weighted by Crippen LogP contribution is 2.36. The molecule has 0 amide bonds. The molecule has 80 valence electrons. The molecule has 15 heavy (non-hydrogen) atoms. The van der Waals surface area contributed by atoms with Crippen molar-refractivity contribution < 1.29 is 9.18 Å². The van der Waals surface area contributed by atoms with Crippen molar-refractivity contribution in [1.82, 2.24) is 0 Å². The third kappa shape index (κ3) is 2.16. The van der Waals surface area contributed by atoms with E-state index in [2.05, 4.69) is 15.9 Å². The second-order valence-corrected chi connectivity index (χ2v) is 4.69. The first-order valence-corrected chi connectivity index (χ1v) is 5.66. The van der Waals surface area contributed by atoms with E-state index >= 15 is 0 Å². The van der Waals surface area contributed by atoms with E-state index in [9.17, 15) is 9.18 Å². The minimum atomic E-state index is -0.388. The van der Waals surface area contributed by atoms with Gasteiger partial charge in [0.2, 0.25) is 0 Å². The van der Waals surface area contributed by atoms with E-state index in [1.807, 2.05) is 4.90 Å². The summed E-state index contributed by atoms with van der Waals surface area (Å²) in [7, 11) is 0. The first-order chi connectivity index (χ1) is 7.08. The van der Waals surface area contributed by atoms with Crippen LogP contribution in [0.4, 0.5) is 10.1 Å². The molecule has 1 saturated heterocycles. The number of hydrogen-bond acceptors (Lipinski definition) is 2. The molecule has 0 N–H and O–H groups in total. The normalized spacial score (nSPS) is 16.2. The zero-order valence-corrected chi connectivity index (χ0v) is 10.1. The molecule has 1 aromatic carbocycles. The predicted octanol–water partition coefficient (Wildman–Crippen LogP) is 3.02. The van der Waals surface area contributed by atoms with Crippen molar-refractivity contribution in [2.24, 2.45) is 0 Å². The Morgan fingerprint density at radius 1 is 1.47 bits per heavy atom. The number of carbonyl (C=O) groups excluding carboxylic acids is 1. The van der Waals surface area contributed by atoms with Crippen LogP contribution < -0.4 is 4.90 Å². The lowest BCUT2D eigenvalue weighted by molar-refractivity contribution is -0.116. The summed E-state index contributed by atoms with van der Waals surface area (Å²) in [5.41, 5.74) is 0.698. The van der Waals surface area contributed by atoms with E-state index in [1.54, 1.807) is 0 Å². The maximum atomic E-state index is 13.0. The van der Waals surface area contributed by atoms with Gasteiger partial charge in [0, 0.05) is 17.4 Å². The van der Waals surface area contributed by atoms with Crippen LogP contribution in [0, 0.1) is 5.82 Å². The number of carbonyl (C=O) groups is 1. The number of rotatable bonds is 1. The summed E-state index contributed by atoms with van der Waals surface area (Å²) < 4.78 is 13.6. The number of halogens is 3. The first kappa shape index (κ1) is 10.9. The van der Waals surface area contributed by atoms with Crippen LogP contribution in [0.1, 0.15) is 6.42 Å². The Kier molecular flexibility index (Phi) is 2.98. The summed E-state index contributed by atoms with van der Waals surface area (Å²) in [4.78, 5) is 13.0. The summed E-state index contributed by atoms with van der Waals surface area (Å²) >= 11 is 9.19. The number of benzene rings is 1. The minimum Gasteiger partial charge on any atom is -0.362 e. The molecule has 5 heteroatoms. The van der Waals surface area contributed by atoms with Crippen LogP contribution >= 0.6 is 27.5 Å². The average Bonchev–Trinajstić information content (AvgIpc) is 2.49. The molecular weight excluding hydrogens is 284 g/mol. The summed E-state index contributed by atoms with van der Waals surface area (Å²) in [5.74, 6) is -0.205. The largest absolute Gasteiger partial charge is 0.362 e. The van der Waals surface area contributed by atoms with Crippen molar-refractivity contribution in [3.63, 3.8) is 0 Å². The molecule has 0 saturated carbocycles. The number of nitrogens with zero attached hydrogens (tertiary/aromatic N) is 1. The van der Waals surface area contributed by atoms with Gasteiger partial charge < -0.3 is 4.90 Å². The number of anilines is 1. The number of Topliss-reactive ketones (excluding diaryl/α,β-unsaturated/α-hetero) is 1. The minimum absolute atomic E-state index is 0.183. The van der Waals surface area contributed by atoms with Crippen molar-refractivity contribution in [2.75, 3.05) is 18.0 Å². The average molecular weight is 293 g/mol. The third-order valence-corrected chi connectivity index (χ3v) is 3.22. The van der Waals surface area contributed by atoms with E-state index in [1.165, 1.54) is 12.1 Å². The van der Waals surface area contributed by atoms with E-state index < -0.39 is 0 Å². The zero-order valence-electron chi connectivity index (χ0n) is 7.77. The van der Waals surface area contributed by atoms with Gasteiger partial charge in [0.15, 0.2) is 5.78 Å². The second-order valence-electron chi connectivity index (χ2n) is 3.43. The Morgan fingerprint density at radius 3 is 2.73 bits per heavy atom. The maximum absolute atomic E-state index is 13.0. The lowest BCUT2D eigenvalue weighted by atomic mass is 10.3. The molecule has 1 aliphatic rings. The molecule has 0 radical (unpaired) electrons. The van der Waals surface area contributed by atoms with Crippen molar-refractivity contribution in [3.8, 4) is 0 Å². The lowest BCUT2D eigenvalue weighted by Gasteiger charge is -2.19. The van der Waals surface area contributed by atoms with Crippen LogP contribution in [0.5, 0.6) is 0 Å². The Morgan fingerprint density at radius 2 is 2.20 bits per heavy atom. The summed E-state index contributed by atoms with van der Waals surface area (Å²) in [6.07, 6.45) is 0.528. The molecule has 2 rings (SSSR count). The Hall–Kier alpha value is -0.610. The van der Waals surface area contributed by atoms with Crippen LogP contribution in [-0.2, 0) is 4.79 Å². The van der Waals surface area contributed by atoms with E-state index in [-0.39, 0.29) is 11.6 Å². The molecule has 0 spiro atoms. The number of ketones is 1. The van der Waals surface area contributed by atoms with Gasteiger partial charge in [-0.2, -0.15) is 0 Å². The molecular formula is C10H8BrClFNO. The Labute approximate surface area is 100 Å². The second kappa shape index (κ2) is 4.10.